The SMILES string of the molecule is CC1CC2=CCCC3(C)CCC(C1C)C23. The van der Waals surface area contributed by atoms with Crippen molar-refractivity contribution in [3.63, 3.8) is 0 Å². The van der Waals surface area contributed by atoms with E-state index >= 15 is 0 Å². The van der Waals surface area contributed by atoms with Gasteiger partial charge in [-0.15, -0.1) is 0 Å². The summed E-state index contributed by atoms with van der Waals surface area (Å²) >= 11 is 0. The van der Waals surface area contributed by atoms with Gasteiger partial charge in [-0.1, -0.05) is 32.4 Å². The Hall–Kier alpha value is -0.260. The highest BCUT2D eigenvalue weighted by Crippen LogP contribution is 2.61. The van der Waals surface area contributed by atoms with Crippen LogP contribution in [0, 0.1) is 29.1 Å². The molecule has 0 N–H and O–H groups in total. The van der Waals surface area contributed by atoms with Gasteiger partial charge in [-0.2, -0.15) is 0 Å². The summed E-state index contributed by atoms with van der Waals surface area (Å²) in [6, 6.07) is 0. The lowest BCUT2D eigenvalue weighted by molar-refractivity contribution is 0.110. The van der Waals surface area contributed by atoms with Gasteiger partial charge in [-0.3, -0.25) is 0 Å². The van der Waals surface area contributed by atoms with E-state index in [4.69, 9.17) is 0 Å². The molecule has 0 nitrogen and oxygen atoms in total. The molecule has 3 rings (SSSR count). The molecule has 5 unspecified atom stereocenters. The van der Waals surface area contributed by atoms with Crippen molar-refractivity contribution >= 4 is 0 Å². The van der Waals surface area contributed by atoms with E-state index in [0.717, 1.165) is 23.7 Å². The lowest BCUT2D eigenvalue weighted by Gasteiger charge is -2.46. The molecule has 3 aliphatic carbocycles. The number of hydrogen-bond donors (Lipinski definition) is 0. The van der Waals surface area contributed by atoms with Gasteiger partial charge in [0.25, 0.3) is 0 Å². The lowest BCUT2D eigenvalue weighted by Crippen LogP contribution is -2.38. The summed E-state index contributed by atoms with van der Waals surface area (Å²) in [4.78, 5) is 0. The summed E-state index contributed by atoms with van der Waals surface area (Å²) < 4.78 is 0. The van der Waals surface area contributed by atoms with Crippen molar-refractivity contribution < 1.29 is 0 Å². The number of hydrogen-bond acceptors (Lipinski definition) is 0. The van der Waals surface area contributed by atoms with Crippen molar-refractivity contribution in [1.82, 2.24) is 0 Å². The van der Waals surface area contributed by atoms with Crippen molar-refractivity contribution in [2.75, 3.05) is 0 Å². The molecule has 0 aromatic heterocycles. The predicted molar refractivity (Wildman–Crippen MR) is 64.6 cm³/mol. The highest BCUT2D eigenvalue weighted by atomic mass is 14.6. The standard InChI is InChI=1S/C15H24/c1-10-9-12-5-4-7-15(3)8-6-13(11(10)2)14(12)15/h5,10-11,13-14H,4,6-9H2,1-3H3. The third kappa shape index (κ3) is 1.26. The van der Waals surface area contributed by atoms with Crippen LogP contribution in [0.1, 0.15) is 52.9 Å². The Morgan fingerprint density at radius 3 is 2.87 bits per heavy atom. The van der Waals surface area contributed by atoms with E-state index in [-0.39, 0.29) is 0 Å². The van der Waals surface area contributed by atoms with Gasteiger partial charge in [0.1, 0.15) is 0 Å². The Bertz CT molecular complexity index is 301. The van der Waals surface area contributed by atoms with Crippen LogP contribution in [0.15, 0.2) is 11.6 Å². The average molecular weight is 204 g/mol. The Labute approximate surface area is 94.1 Å². The highest BCUT2D eigenvalue weighted by Gasteiger charge is 2.52. The van der Waals surface area contributed by atoms with E-state index in [1.165, 1.54) is 32.1 Å². The second kappa shape index (κ2) is 3.12. The van der Waals surface area contributed by atoms with Crippen LogP contribution in [-0.4, -0.2) is 0 Å². The maximum absolute atomic E-state index is 2.59. The summed E-state index contributed by atoms with van der Waals surface area (Å²) in [5.74, 6) is 3.88. The first kappa shape index (κ1) is 9.93. The maximum Gasteiger partial charge on any atom is -0.0118 e. The largest absolute Gasteiger partial charge is 0.0850 e. The molecular formula is C15H24. The van der Waals surface area contributed by atoms with Crippen LogP contribution in [-0.2, 0) is 0 Å². The second-order valence-electron chi connectivity index (χ2n) is 6.69. The third-order valence-electron chi connectivity index (χ3n) is 5.88. The smallest absolute Gasteiger partial charge is 0.0118 e. The summed E-state index contributed by atoms with van der Waals surface area (Å²) in [5.41, 5.74) is 2.53. The summed E-state index contributed by atoms with van der Waals surface area (Å²) in [6.07, 6.45) is 9.81. The van der Waals surface area contributed by atoms with E-state index in [1.54, 1.807) is 0 Å². The van der Waals surface area contributed by atoms with Crippen LogP contribution >= 0.6 is 0 Å². The minimum Gasteiger partial charge on any atom is -0.0850 e. The van der Waals surface area contributed by atoms with Crippen molar-refractivity contribution in [3.8, 4) is 0 Å². The van der Waals surface area contributed by atoms with Gasteiger partial charge in [-0.05, 0) is 61.2 Å². The molecule has 15 heavy (non-hydrogen) atoms. The van der Waals surface area contributed by atoms with Gasteiger partial charge in [0.15, 0.2) is 0 Å². The normalized spacial score (nSPS) is 53.7. The molecule has 3 aliphatic rings. The van der Waals surface area contributed by atoms with E-state index < -0.39 is 0 Å². The van der Waals surface area contributed by atoms with Gasteiger partial charge < -0.3 is 0 Å². The molecule has 84 valence electrons. The number of allylic oxidation sites excluding steroid dienone is 2. The lowest BCUT2D eigenvalue weighted by atomic mass is 9.58. The Balaban J connectivity index is 2.00. The fourth-order valence-electron chi connectivity index (χ4n) is 4.81. The van der Waals surface area contributed by atoms with Gasteiger partial charge in [0, 0.05) is 0 Å². The maximum atomic E-state index is 2.59. The van der Waals surface area contributed by atoms with Gasteiger partial charge >= 0.3 is 0 Å². The van der Waals surface area contributed by atoms with E-state index in [2.05, 4.69) is 26.8 Å². The summed E-state index contributed by atoms with van der Waals surface area (Å²) in [5, 5.41) is 0. The topological polar surface area (TPSA) is 0 Å². The van der Waals surface area contributed by atoms with Crippen molar-refractivity contribution in [2.45, 2.75) is 52.9 Å². The first-order chi connectivity index (χ1) is 7.12. The molecule has 0 heterocycles. The highest BCUT2D eigenvalue weighted by molar-refractivity contribution is 5.23. The summed E-state index contributed by atoms with van der Waals surface area (Å²) in [6.45, 7) is 7.53. The second-order valence-corrected chi connectivity index (χ2v) is 6.69. The molecule has 0 saturated heterocycles. The molecule has 0 amide bonds. The molecule has 0 aliphatic heterocycles. The summed E-state index contributed by atoms with van der Waals surface area (Å²) in [7, 11) is 0. The minimum atomic E-state index is 0.684. The van der Waals surface area contributed by atoms with Crippen LogP contribution in [0.5, 0.6) is 0 Å². The van der Waals surface area contributed by atoms with E-state index in [9.17, 15) is 0 Å². The first-order valence-corrected chi connectivity index (χ1v) is 6.81. The molecule has 0 bridgehead atoms. The van der Waals surface area contributed by atoms with Crippen LogP contribution in [0.3, 0.4) is 0 Å². The molecule has 0 heteroatoms. The Morgan fingerprint density at radius 2 is 2.07 bits per heavy atom. The van der Waals surface area contributed by atoms with Crippen LogP contribution in [0.4, 0.5) is 0 Å². The van der Waals surface area contributed by atoms with Gasteiger partial charge in [-0.25, -0.2) is 0 Å². The predicted octanol–water partition coefficient (Wildman–Crippen LogP) is 4.42. The molecule has 0 spiro atoms. The van der Waals surface area contributed by atoms with Crippen LogP contribution in [0.25, 0.3) is 0 Å². The molecule has 0 aromatic rings. The van der Waals surface area contributed by atoms with Gasteiger partial charge in [0.05, 0.1) is 0 Å². The molecule has 0 radical (unpaired) electrons. The van der Waals surface area contributed by atoms with Gasteiger partial charge in [0.2, 0.25) is 0 Å². The fraction of sp³-hybridized carbons (Fsp3) is 0.867. The molecule has 5 atom stereocenters. The van der Waals surface area contributed by atoms with Crippen molar-refractivity contribution in [1.29, 1.82) is 0 Å². The molecule has 0 aromatic carbocycles. The fourth-order valence-corrected chi connectivity index (χ4v) is 4.81. The Kier molecular flexibility index (Phi) is 2.06. The van der Waals surface area contributed by atoms with Crippen LogP contribution < -0.4 is 0 Å². The zero-order chi connectivity index (χ0) is 10.6. The number of rotatable bonds is 0. The Morgan fingerprint density at radius 1 is 1.27 bits per heavy atom. The minimum absolute atomic E-state index is 0.684. The van der Waals surface area contributed by atoms with E-state index in [0.29, 0.717) is 5.41 Å². The third-order valence-corrected chi connectivity index (χ3v) is 5.88. The van der Waals surface area contributed by atoms with Crippen molar-refractivity contribution in [2.24, 2.45) is 29.1 Å². The first-order valence-electron chi connectivity index (χ1n) is 6.81. The quantitative estimate of drug-likeness (QED) is 0.513. The molecule has 2 fully saturated rings. The average Bonchev–Trinajstić information content (AvgIpc) is 2.54. The van der Waals surface area contributed by atoms with E-state index in [1.807, 2.05) is 5.57 Å². The molecular weight excluding hydrogens is 180 g/mol. The molecule has 2 saturated carbocycles. The zero-order valence-corrected chi connectivity index (χ0v) is 10.4. The van der Waals surface area contributed by atoms with Crippen LogP contribution in [0.2, 0.25) is 0 Å². The van der Waals surface area contributed by atoms with Crippen molar-refractivity contribution in [3.05, 3.63) is 11.6 Å². The monoisotopic (exact) mass is 204 g/mol. The zero-order valence-electron chi connectivity index (χ0n) is 10.4.